The summed E-state index contributed by atoms with van der Waals surface area (Å²) in [6.07, 6.45) is 0. The monoisotopic (exact) mass is 382 g/mol. The Morgan fingerprint density at radius 2 is 1.62 bits per heavy atom. The number of thioether (sulfide) groups is 1. The normalized spacial score (nSPS) is 18.5. The molecule has 5 heteroatoms. The molecule has 2 aromatic carbocycles. The highest BCUT2D eigenvalue weighted by atomic mass is 32.2. The molecule has 2 nitrogen and oxygen atoms in total. The first-order valence-corrected chi connectivity index (χ1v) is 10.7. The van der Waals surface area contributed by atoms with Gasteiger partial charge in [0, 0.05) is 20.1 Å². The van der Waals surface area contributed by atoms with E-state index in [-0.39, 0.29) is 18.3 Å². The highest BCUT2D eigenvalue weighted by molar-refractivity contribution is 7.98. The summed E-state index contributed by atoms with van der Waals surface area (Å²) in [5, 5.41) is 1.27. The predicted octanol–water partition coefficient (Wildman–Crippen LogP) is 5.49. The summed E-state index contributed by atoms with van der Waals surface area (Å²) in [5.41, 5.74) is 0.737. The summed E-state index contributed by atoms with van der Waals surface area (Å²) in [7, 11) is -0.278. The van der Waals surface area contributed by atoms with Gasteiger partial charge in [-0.15, -0.1) is 23.1 Å². The van der Waals surface area contributed by atoms with Crippen molar-refractivity contribution in [3.63, 3.8) is 0 Å². The van der Waals surface area contributed by atoms with E-state index in [1.165, 1.54) is 20.5 Å². The van der Waals surface area contributed by atoms with Crippen LogP contribution in [0.3, 0.4) is 0 Å². The van der Waals surface area contributed by atoms with E-state index in [9.17, 15) is 0 Å². The summed E-state index contributed by atoms with van der Waals surface area (Å²) in [4.78, 5) is 1.30. The Labute approximate surface area is 164 Å². The van der Waals surface area contributed by atoms with Crippen LogP contribution in [0, 0.1) is 0 Å². The second-order valence-corrected chi connectivity index (χ2v) is 9.88. The van der Waals surface area contributed by atoms with Crippen LogP contribution < -0.4 is 4.78 Å². The Morgan fingerprint density at radius 1 is 0.923 bits per heavy atom. The van der Waals surface area contributed by atoms with E-state index >= 15 is 0 Å². The molecule has 1 aliphatic heterocycles. The van der Waals surface area contributed by atoms with Crippen molar-refractivity contribution in [3.8, 4) is 0 Å². The highest BCUT2D eigenvalue weighted by Crippen LogP contribution is 2.37. The Hall–Kier alpha value is -1.27. The molecule has 0 bridgehead atoms. The molecule has 3 aromatic rings. The Balaban J connectivity index is 1.53. The third kappa shape index (κ3) is 3.46. The minimum Gasteiger partial charge on any atom is -0.399 e. The van der Waals surface area contributed by atoms with Crippen LogP contribution in [0.15, 0.2) is 59.5 Å². The first-order valence-electron chi connectivity index (χ1n) is 8.90. The van der Waals surface area contributed by atoms with Crippen molar-refractivity contribution < 1.29 is 9.31 Å². The number of rotatable bonds is 4. The minimum absolute atomic E-state index is 0.278. The summed E-state index contributed by atoms with van der Waals surface area (Å²) in [6, 6.07) is 19.5. The number of hydrogen-bond acceptors (Lipinski definition) is 4. The van der Waals surface area contributed by atoms with Gasteiger partial charge in [0.1, 0.15) is 0 Å². The molecule has 1 fully saturated rings. The summed E-state index contributed by atoms with van der Waals surface area (Å²) in [6.45, 7) is 8.39. The third-order valence-electron chi connectivity index (χ3n) is 5.23. The zero-order chi connectivity index (χ0) is 18.4. The van der Waals surface area contributed by atoms with Crippen LogP contribution in [0.2, 0.25) is 0 Å². The van der Waals surface area contributed by atoms with Gasteiger partial charge in [0.15, 0.2) is 0 Å². The van der Waals surface area contributed by atoms with E-state index in [0.29, 0.717) is 0 Å². The molecule has 2 heterocycles. The van der Waals surface area contributed by atoms with Crippen molar-refractivity contribution in [2.45, 2.75) is 49.5 Å². The maximum atomic E-state index is 6.20. The SMILES string of the molecule is CC1(C)OB(c2cc3cc(CSc4ccccc4)ccc3s2)OC1(C)C. The van der Waals surface area contributed by atoms with Gasteiger partial charge in [-0.3, -0.25) is 0 Å². The fourth-order valence-corrected chi connectivity index (χ4v) is 4.83. The highest BCUT2D eigenvalue weighted by Gasteiger charge is 2.52. The third-order valence-corrected chi connectivity index (χ3v) is 7.45. The van der Waals surface area contributed by atoms with Crippen molar-refractivity contribution in [3.05, 3.63) is 60.2 Å². The van der Waals surface area contributed by atoms with Crippen LogP contribution in [-0.2, 0) is 15.1 Å². The molecule has 26 heavy (non-hydrogen) atoms. The van der Waals surface area contributed by atoms with Gasteiger partial charge < -0.3 is 9.31 Å². The molecule has 0 unspecified atom stereocenters. The summed E-state index contributed by atoms with van der Waals surface area (Å²) >= 11 is 3.63. The number of benzene rings is 2. The Bertz CT molecular complexity index is 902. The van der Waals surface area contributed by atoms with Gasteiger partial charge in [-0.2, -0.15) is 0 Å². The lowest BCUT2D eigenvalue weighted by molar-refractivity contribution is 0.00578. The molecule has 0 saturated carbocycles. The molecule has 4 rings (SSSR count). The van der Waals surface area contributed by atoms with Gasteiger partial charge in [-0.25, -0.2) is 0 Å². The van der Waals surface area contributed by atoms with E-state index in [0.717, 1.165) is 10.5 Å². The molecular formula is C21H23BO2S2. The quantitative estimate of drug-likeness (QED) is 0.439. The van der Waals surface area contributed by atoms with E-state index in [2.05, 4.69) is 82.3 Å². The molecule has 0 amide bonds. The van der Waals surface area contributed by atoms with Crippen molar-refractivity contribution in [1.82, 2.24) is 0 Å². The maximum absolute atomic E-state index is 6.20. The standard InChI is InChI=1S/C21H23BO2S2/c1-20(2)21(3,4)24-22(23-20)19-13-16-12-15(10-11-18(16)26-19)14-25-17-8-6-5-7-9-17/h5-13H,14H2,1-4H3. The molecule has 0 radical (unpaired) electrons. The second kappa shape index (κ2) is 6.72. The van der Waals surface area contributed by atoms with Crippen molar-refractivity contribution in [2.24, 2.45) is 0 Å². The maximum Gasteiger partial charge on any atom is 0.505 e. The number of fused-ring (bicyclic) bond motifs is 1. The van der Waals surface area contributed by atoms with E-state index < -0.39 is 0 Å². The lowest BCUT2D eigenvalue weighted by atomic mass is 9.87. The minimum atomic E-state index is -0.300. The van der Waals surface area contributed by atoms with E-state index in [1.807, 2.05) is 11.8 Å². The fraction of sp³-hybridized carbons (Fsp3) is 0.333. The van der Waals surface area contributed by atoms with Gasteiger partial charge in [0.05, 0.1) is 11.2 Å². The van der Waals surface area contributed by atoms with Gasteiger partial charge >= 0.3 is 7.12 Å². The molecule has 134 valence electrons. The molecule has 0 spiro atoms. The average Bonchev–Trinajstić information content (AvgIpc) is 3.11. The van der Waals surface area contributed by atoms with Gasteiger partial charge in [0.2, 0.25) is 0 Å². The lowest BCUT2D eigenvalue weighted by Gasteiger charge is -2.32. The first-order chi connectivity index (χ1) is 12.3. The van der Waals surface area contributed by atoms with Crippen LogP contribution in [0.4, 0.5) is 0 Å². The topological polar surface area (TPSA) is 18.5 Å². The van der Waals surface area contributed by atoms with Crippen molar-refractivity contribution in [2.75, 3.05) is 0 Å². The Morgan fingerprint density at radius 3 is 2.31 bits per heavy atom. The van der Waals surface area contributed by atoms with Crippen LogP contribution in [0.5, 0.6) is 0 Å². The predicted molar refractivity (Wildman–Crippen MR) is 114 cm³/mol. The Kier molecular flexibility index (Phi) is 4.68. The van der Waals surface area contributed by atoms with Crippen molar-refractivity contribution >= 4 is 45.1 Å². The zero-order valence-electron chi connectivity index (χ0n) is 15.6. The van der Waals surface area contributed by atoms with Gasteiger partial charge in [-0.05, 0) is 69.0 Å². The summed E-state index contributed by atoms with van der Waals surface area (Å²) < 4.78 is 14.8. The van der Waals surface area contributed by atoms with Crippen LogP contribution in [-0.4, -0.2) is 18.3 Å². The smallest absolute Gasteiger partial charge is 0.399 e. The first kappa shape index (κ1) is 18.1. The van der Waals surface area contributed by atoms with Gasteiger partial charge in [-0.1, -0.05) is 24.3 Å². The van der Waals surface area contributed by atoms with Crippen LogP contribution in [0.25, 0.3) is 10.1 Å². The molecule has 0 aliphatic carbocycles. The van der Waals surface area contributed by atoms with Crippen LogP contribution in [0.1, 0.15) is 33.3 Å². The summed E-state index contributed by atoms with van der Waals surface area (Å²) in [5.74, 6) is 0.974. The average molecular weight is 382 g/mol. The number of hydrogen-bond donors (Lipinski definition) is 0. The zero-order valence-corrected chi connectivity index (χ0v) is 17.2. The molecule has 0 N–H and O–H groups in total. The van der Waals surface area contributed by atoms with Crippen LogP contribution >= 0.6 is 23.1 Å². The molecule has 1 aliphatic rings. The van der Waals surface area contributed by atoms with Gasteiger partial charge in [0.25, 0.3) is 0 Å². The molecule has 1 saturated heterocycles. The largest absolute Gasteiger partial charge is 0.505 e. The second-order valence-electron chi connectivity index (χ2n) is 7.71. The lowest BCUT2D eigenvalue weighted by Crippen LogP contribution is -2.41. The van der Waals surface area contributed by atoms with Crippen molar-refractivity contribution in [1.29, 1.82) is 0 Å². The fourth-order valence-electron chi connectivity index (χ4n) is 2.96. The van der Waals surface area contributed by atoms with E-state index in [1.54, 1.807) is 11.3 Å². The van der Waals surface area contributed by atoms with E-state index in [4.69, 9.17) is 9.31 Å². The molecular weight excluding hydrogens is 359 g/mol. The molecule has 0 atom stereocenters. The number of thiophene rings is 1. The molecule has 1 aromatic heterocycles.